The van der Waals surface area contributed by atoms with Gasteiger partial charge in [-0.3, -0.25) is 20.2 Å². The molecule has 0 aliphatic rings. The largest absolute Gasteiger partial charge is 0.298 e. The van der Waals surface area contributed by atoms with Gasteiger partial charge >= 0.3 is 0 Å². The average molecular weight is 331 g/mol. The Balaban J connectivity index is 1.77. The lowest BCUT2D eigenvalue weighted by atomic mass is 10.2. The Hall–Kier alpha value is -2.58. The number of non-ortho nitro benzene ring substituents is 1. The number of nitro benzene ring substituents is 1. The fourth-order valence-corrected chi connectivity index (χ4v) is 3.27. The number of nitrogens with zero attached hydrogens (tertiary/aromatic N) is 2. The maximum absolute atomic E-state index is 12.1. The Morgan fingerprint density at radius 3 is 2.82 bits per heavy atom. The molecule has 22 heavy (non-hydrogen) atoms. The number of carbonyl (C=O) groups is 1. The summed E-state index contributed by atoms with van der Waals surface area (Å²) in [5, 5.41) is 17.7. The van der Waals surface area contributed by atoms with Crippen LogP contribution in [0.25, 0.3) is 10.6 Å². The van der Waals surface area contributed by atoms with Gasteiger partial charge in [-0.05, 0) is 17.5 Å². The number of rotatable bonds is 4. The summed E-state index contributed by atoms with van der Waals surface area (Å²) in [6.07, 6.45) is 0. The minimum Gasteiger partial charge on any atom is -0.298 e. The van der Waals surface area contributed by atoms with Crippen molar-refractivity contribution in [1.29, 1.82) is 0 Å². The van der Waals surface area contributed by atoms with E-state index >= 15 is 0 Å². The van der Waals surface area contributed by atoms with Crippen LogP contribution in [0.4, 0.5) is 10.8 Å². The summed E-state index contributed by atoms with van der Waals surface area (Å²) in [5.74, 6) is -0.421. The summed E-state index contributed by atoms with van der Waals surface area (Å²) in [6, 6.07) is 9.47. The van der Waals surface area contributed by atoms with Gasteiger partial charge in [-0.25, -0.2) is 4.98 Å². The van der Waals surface area contributed by atoms with Gasteiger partial charge < -0.3 is 0 Å². The third-order valence-electron chi connectivity index (χ3n) is 2.82. The van der Waals surface area contributed by atoms with Crippen LogP contribution in [0.3, 0.4) is 0 Å². The molecule has 3 aromatic rings. The van der Waals surface area contributed by atoms with Crippen molar-refractivity contribution < 1.29 is 9.72 Å². The highest BCUT2D eigenvalue weighted by molar-refractivity contribution is 7.16. The molecular weight excluding hydrogens is 322 g/mol. The van der Waals surface area contributed by atoms with Crippen LogP contribution in [0.2, 0.25) is 0 Å². The van der Waals surface area contributed by atoms with Crippen LogP contribution < -0.4 is 5.32 Å². The van der Waals surface area contributed by atoms with Gasteiger partial charge in [0.25, 0.3) is 11.6 Å². The molecule has 0 unspecified atom stereocenters. The third-order valence-corrected chi connectivity index (χ3v) is 4.47. The molecule has 2 heterocycles. The van der Waals surface area contributed by atoms with Crippen molar-refractivity contribution in [3.05, 3.63) is 62.8 Å². The summed E-state index contributed by atoms with van der Waals surface area (Å²) >= 11 is 2.88. The number of aromatic nitrogens is 1. The van der Waals surface area contributed by atoms with E-state index in [4.69, 9.17) is 0 Å². The molecule has 0 fully saturated rings. The topological polar surface area (TPSA) is 85.1 Å². The predicted molar refractivity (Wildman–Crippen MR) is 86.5 cm³/mol. The molecule has 0 aliphatic heterocycles. The Morgan fingerprint density at radius 2 is 2.09 bits per heavy atom. The lowest BCUT2D eigenvalue weighted by Gasteiger charge is -2.01. The highest BCUT2D eigenvalue weighted by Gasteiger charge is 2.13. The van der Waals surface area contributed by atoms with Crippen molar-refractivity contribution in [2.45, 2.75) is 0 Å². The third kappa shape index (κ3) is 3.02. The van der Waals surface area contributed by atoms with Crippen molar-refractivity contribution >= 4 is 39.4 Å². The highest BCUT2D eigenvalue weighted by Crippen LogP contribution is 2.28. The van der Waals surface area contributed by atoms with Crippen molar-refractivity contribution in [3.63, 3.8) is 0 Å². The van der Waals surface area contributed by atoms with Crippen molar-refractivity contribution in [1.82, 2.24) is 4.98 Å². The van der Waals surface area contributed by atoms with Crippen LogP contribution in [0.15, 0.2) is 47.2 Å². The second-order valence-corrected chi connectivity index (χ2v) is 6.08. The standard InChI is InChI=1S/C14H9N3O3S2/c18-13(9-3-1-4-10(7-9)17(19)20)16-14-15-11(8-22-14)12-5-2-6-21-12/h1-8H,(H,15,16,18). The molecular formula is C14H9N3O3S2. The summed E-state index contributed by atoms with van der Waals surface area (Å²) in [5.41, 5.74) is 0.905. The number of thiazole rings is 1. The van der Waals surface area contributed by atoms with E-state index in [1.165, 1.54) is 35.6 Å². The summed E-state index contributed by atoms with van der Waals surface area (Å²) in [6.45, 7) is 0. The lowest BCUT2D eigenvalue weighted by molar-refractivity contribution is -0.384. The van der Waals surface area contributed by atoms with E-state index in [-0.39, 0.29) is 11.3 Å². The maximum atomic E-state index is 12.1. The first-order valence-corrected chi connectivity index (χ1v) is 7.94. The second-order valence-electron chi connectivity index (χ2n) is 4.28. The average Bonchev–Trinajstić information content (AvgIpc) is 3.18. The molecule has 3 rings (SSSR count). The van der Waals surface area contributed by atoms with E-state index in [1.807, 2.05) is 22.9 Å². The molecule has 0 atom stereocenters. The molecule has 1 amide bonds. The normalized spacial score (nSPS) is 10.4. The molecule has 8 heteroatoms. The van der Waals surface area contributed by atoms with E-state index in [2.05, 4.69) is 10.3 Å². The molecule has 0 radical (unpaired) electrons. The number of nitrogens with one attached hydrogen (secondary N) is 1. The van der Waals surface area contributed by atoms with Gasteiger partial charge in [0.1, 0.15) is 0 Å². The van der Waals surface area contributed by atoms with Gasteiger partial charge in [-0.2, -0.15) is 0 Å². The summed E-state index contributed by atoms with van der Waals surface area (Å²) < 4.78 is 0. The Morgan fingerprint density at radius 1 is 1.23 bits per heavy atom. The van der Waals surface area contributed by atoms with Gasteiger partial charge in [-0.15, -0.1) is 22.7 Å². The molecule has 0 aliphatic carbocycles. The van der Waals surface area contributed by atoms with Gasteiger partial charge in [0.05, 0.1) is 15.5 Å². The summed E-state index contributed by atoms with van der Waals surface area (Å²) in [4.78, 5) is 27.7. The Labute approximate surface area is 133 Å². The molecule has 1 aromatic carbocycles. The van der Waals surface area contributed by atoms with Crippen LogP contribution >= 0.6 is 22.7 Å². The Bertz CT molecular complexity index is 827. The molecule has 0 saturated carbocycles. The summed E-state index contributed by atoms with van der Waals surface area (Å²) in [7, 11) is 0. The lowest BCUT2D eigenvalue weighted by Crippen LogP contribution is -2.11. The van der Waals surface area contributed by atoms with Gasteiger partial charge in [0.15, 0.2) is 5.13 Å². The first-order valence-electron chi connectivity index (χ1n) is 6.19. The van der Waals surface area contributed by atoms with Crippen LogP contribution in [0.5, 0.6) is 0 Å². The predicted octanol–water partition coefficient (Wildman–Crippen LogP) is 4.03. The minimum atomic E-state index is -0.533. The number of amides is 1. The molecule has 6 nitrogen and oxygen atoms in total. The minimum absolute atomic E-state index is 0.119. The molecule has 2 aromatic heterocycles. The second kappa shape index (κ2) is 6.04. The molecule has 110 valence electrons. The van der Waals surface area contributed by atoms with E-state index in [9.17, 15) is 14.9 Å². The maximum Gasteiger partial charge on any atom is 0.270 e. The number of anilines is 1. The van der Waals surface area contributed by atoms with E-state index in [1.54, 1.807) is 11.3 Å². The Kier molecular flexibility index (Phi) is 3.94. The van der Waals surface area contributed by atoms with Crippen LogP contribution in [0.1, 0.15) is 10.4 Å². The number of nitro groups is 1. The molecule has 0 spiro atoms. The van der Waals surface area contributed by atoms with Crippen LogP contribution in [0, 0.1) is 10.1 Å². The van der Waals surface area contributed by atoms with Crippen molar-refractivity contribution in [2.24, 2.45) is 0 Å². The number of carbonyl (C=O) groups excluding carboxylic acids is 1. The first-order chi connectivity index (χ1) is 10.6. The van der Waals surface area contributed by atoms with Crippen molar-refractivity contribution in [3.8, 4) is 10.6 Å². The first kappa shape index (κ1) is 14.4. The van der Waals surface area contributed by atoms with Gasteiger partial charge in [0.2, 0.25) is 0 Å². The molecule has 0 saturated heterocycles. The molecule has 0 bridgehead atoms. The van der Waals surface area contributed by atoms with E-state index in [0.29, 0.717) is 5.13 Å². The number of hydrogen-bond donors (Lipinski definition) is 1. The number of thiophene rings is 1. The van der Waals surface area contributed by atoms with Gasteiger partial charge in [0, 0.05) is 23.1 Å². The fourth-order valence-electron chi connectivity index (χ4n) is 1.80. The zero-order valence-corrected chi connectivity index (χ0v) is 12.7. The number of benzene rings is 1. The van der Waals surface area contributed by atoms with E-state index in [0.717, 1.165) is 10.6 Å². The van der Waals surface area contributed by atoms with Crippen LogP contribution in [-0.2, 0) is 0 Å². The zero-order chi connectivity index (χ0) is 15.5. The van der Waals surface area contributed by atoms with E-state index < -0.39 is 10.8 Å². The molecule has 1 N–H and O–H groups in total. The quantitative estimate of drug-likeness (QED) is 0.577. The smallest absolute Gasteiger partial charge is 0.270 e. The van der Waals surface area contributed by atoms with Crippen LogP contribution in [-0.4, -0.2) is 15.8 Å². The monoisotopic (exact) mass is 331 g/mol. The van der Waals surface area contributed by atoms with Crippen molar-refractivity contribution in [2.75, 3.05) is 5.32 Å². The zero-order valence-electron chi connectivity index (χ0n) is 11.1. The fraction of sp³-hybridized carbons (Fsp3) is 0. The SMILES string of the molecule is O=C(Nc1nc(-c2cccs2)cs1)c1cccc([N+](=O)[O-])c1. The number of hydrogen-bond acceptors (Lipinski definition) is 6. The highest BCUT2D eigenvalue weighted by atomic mass is 32.1. The van der Waals surface area contributed by atoms with Gasteiger partial charge in [-0.1, -0.05) is 12.1 Å².